The molecule has 0 aliphatic rings. The normalized spacial score (nSPS) is 10.4. The van der Waals surface area contributed by atoms with Crippen molar-refractivity contribution in [2.45, 2.75) is 19.8 Å². The van der Waals surface area contributed by atoms with Crippen LogP contribution in [0.4, 0.5) is 0 Å². The lowest BCUT2D eigenvalue weighted by atomic mass is 10.1. The third-order valence-corrected chi connectivity index (χ3v) is 2.62. The van der Waals surface area contributed by atoms with Crippen LogP contribution in [0.15, 0.2) is 36.7 Å². The topological polar surface area (TPSA) is 60.9 Å². The number of para-hydroxylation sites is 1. The fraction of sp³-hybridized carbons (Fsp3) is 0.231. The standard InChI is InChI=1S/C13H15N3O/c1-2-5-12-15-8-9-16(12)11-7-4-3-6-10(11)13(14)17/h3-4,6-9H,2,5H2,1H3,(H2,14,17). The number of aromatic nitrogens is 2. The molecule has 0 atom stereocenters. The van der Waals surface area contributed by atoms with Gasteiger partial charge in [-0.2, -0.15) is 0 Å². The summed E-state index contributed by atoms with van der Waals surface area (Å²) in [5.41, 5.74) is 6.68. The largest absolute Gasteiger partial charge is 0.366 e. The molecule has 0 aliphatic heterocycles. The first-order valence-electron chi connectivity index (χ1n) is 5.65. The number of amides is 1. The van der Waals surface area contributed by atoms with Gasteiger partial charge in [0.25, 0.3) is 5.91 Å². The Hall–Kier alpha value is -2.10. The quantitative estimate of drug-likeness (QED) is 0.870. The third-order valence-electron chi connectivity index (χ3n) is 2.62. The minimum absolute atomic E-state index is 0.420. The Morgan fingerprint density at radius 2 is 2.18 bits per heavy atom. The maximum Gasteiger partial charge on any atom is 0.250 e. The molecule has 0 radical (unpaired) electrons. The Labute approximate surface area is 100 Å². The summed E-state index contributed by atoms with van der Waals surface area (Å²) in [6.45, 7) is 2.10. The van der Waals surface area contributed by atoms with Gasteiger partial charge in [0, 0.05) is 18.8 Å². The molecule has 88 valence electrons. The molecular formula is C13H15N3O. The number of imidazole rings is 1. The van der Waals surface area contributed by atoms with Gasteiger partial charge in [-0.3, -0.25) is 4.79 Å². The van der Waals surface area contributed by atoms with Crippen molar-refractivity contribution in [1.82, 2.24) is 9.55 Å². The van der Waals surface area contributed by atoms with E-state index in [1.54, 1.807) is 18.3 Å². The van der Waals surface area contributed by atoms with Crippen molar-refractivity contribution in [3.63, 3.8) is 0 Å². The molecule has 4 nitrogen and oxygen atoms in total. The molecule has 0 bridgehead atoms. The van der Waals surface area contributed by atoms with E-state index in [1.165, 1.54) is 0 Å². The van der Waals surface area contributed by atoms with Crippen LogP contribution in [-0.4, -0.2) is 15.5 Å². The molecule has 0 saturated heterocycles. The van der Waals surface area contributed by atoms with Crippen molar-refractivity contribution < 1.29 is 4.79 Å². The number of carbonyl (C=O) groups is 1. The molecule has 0 fully saturated rings. The highest BCUT2D eigenvalue weighted by Gasteiger charge is 2.11. The number of nitrogens with two attached hydrogens (primary N) is 1. The summed E-state index contributed by atoms with van der Waals surface area (Å²) < 4.78 is 1.92. The highest BCUT2D eigenvalue weighted by atomic mass is 16.1. The molecule has 2 aromatic rings. The lowest BCUT2D eigenvalue weighted by Crippen LogP contribution is -2.15. The lowest BCUT2D eigenvalue weighted by molar-refractivity contribution is 0.100. The van der Waals surface area contributed by atoms with Crippen molar-refractivity contribution in [2.24, 2.45) is 5.73 Å². The van der Waals surface area contributed by atoms with E-state index in [4.69, 9.17) is 5.73 Å². The zero-order valence-corrected chi connectivity index (χ0v) is 9.76. The average Bonchev–Trinajstić information content (AvgIpc) is 2.77. The predicted molar refractivity (Wildman–Crippen MR) is 66.1 cm³/mol. The molecule has 2 N–H and O–H groups in total. The maximum atomic E-state index is 11.4. The van der Waals surface area contributed by atoms with Crippen molar-refractivity contribution in [3.05, 3.63) is 48.0 Å². The lowest BCUT2D eigenvalue weighted by Gasteiger charge is -2.10. The second kappa shape index (κ2) is 4.82. The molecule has 0 spiro atoms. The molecule has 17 heavy (non-hydrogen) atoms. The van der Waals surface area contributed by atoms with E-state index < -0.39 is 5.91 Å². The van der Waals surface area contributed by atoms with Gasteiger partial charge in [0.05, 0.1) is 11.3 Å². The minimum Gasteiger partial charge on any atom is -0.366 e. The molecular weight excluding hydrogens is 214 g/mol. The van der Waals surface area contributed by atoms with Gasteiger partial charge < -0.3 is 10.3 Å². The number of nitrogens with zero attached hydrogens (tertiary/aromatic N) is 2. The van der Waals surface area contributed by atoms with E-state index in [1.807, 2.05) is 22.9 Å². The Kier molecular flexibility index (Phi) is 3.23. The Morgan fingerprint density at radius 3 is 2.88 bits per heavy atom. The Balaban J connectivity index is 2.52. The second-order valence-corrected chi connectivity index (χ2v) is 3.84. The van der Waals surface area contributed by atoms with E-state index in [0.29, 0.717) is 5.56 Å². The van der Waals surface area contributed by atoms with Gasteiger partial charge in [-0.15, -0.1) is 0 Å². The predicted octanol–water partition coefficient (Wildman–Crippen LogP) is 1.92. The SMILES string of the molecule is CCCc1nccn1-c1ccccc1C(N)=O. The summed E-state index contributed by atoms with van der Waals surface area (Å²) in [5.74, 6) is 0.526. The summed E-state index contributed by atoms with van der Waals surface area (Å²) in [6, 6.07) is 7.30. The first kappa shape index (κ1) is 11.4. The third kappa shape index (κ3) is 2.20. The van der Waals surface area contributed by atoms with Gasteiger partial charge in [0.15, 0.2) is 0 Å². The molecule has 1 amide bonds. The van der Waals surface area contributed by atoms with Gasteiger partial charge in [-0.05, 0) is 18.6 Å². The van der Waals surface area contributed by atoms with Crippen molar-refractivity contribution in [1.29, 1.82) is 0 Å². The van der Waals surface area contributed by atoms with Crippen molar-refractivity contribution >= 4 is 5.91 Å². The number of hydrogen-bond donors (Lipinski definition) is 1. The Bertz CT molecular complexity index is 531. The highest BCUT2D eigenvalue weighted by Crippen LogP contribution is 2.16. The first-order chi connectivity index (χ1) is 8.24. The fourth-order valence-electron chi connectivity index (χ4n) is 1.85. The first-order valence-corrected chi connectivity index (χ1v) is 5.65. The number of hydrogen-bond acceptors (Lipinski definition) is 2. The fourth-order valence-corrected chi connectivity index (χ4v) is 1.85. The van der Waals surface area contributed by atoms with Gasteiger partial charge in [0.1, 0.15) is 5.82 Å². The molecule has 0 aliphatic carbocycles. The van der Waals surface area contributed by atoms with Crippen LogP contribution in [-0.2, 0) is 6.42 Å². The summed E-state index contributed by atoms with van der Waals surface area (Å²) >= 11 is 0. The molecule has 0 unspecified atom stereocenters. The van der Waals surface area contributed by atoms with Crippen LogP contribution in [0.3, 0.4) is 0 Å². The van der Waals surface area contributed by atoms with Gasteiger partial charge in [-0.25, -0.2) is 4.98 Å². The molecule has 2 rings (SSSR count). The van der Waals surface area contributed by atoms with E-state index >= 15 is 0 Å². The van der Waals surface area contributed by atoms with Crippen LogP contribution in [0.2, 0.25) is 0 Å². The van der Waals surface area contributed by atoms with Crippen LogP contribution < -0.4 is 5.73 Å². The van der Waals surface area contributed by atoms with Crippen molar-refractivity contribution in [2.75, 3.05) is 0 Å². The van der Waals surface area contributed by atoms with E-state index in [0.717, 1.165) is 24.4 Å². The van der Waals surface area contributed by atoms with E-state index in [9.17, 15) is 4.79 Å². The smallest absolute Gasteiger partial charge is 0.250 e. The molecule has 1 heterocycles. The van der Waals surface area contributed by atoms with Crippen LogP contribution >= 0.6 is 0 Å². The van der Waals surface area contributed by atoms with Crippen LogP contribution in [0.25, 0.3) is 5.69 Å². The second-order valence-electron chi connectivity index (χ2n) is 3.84. The number of carbonyl (C=O) groups excluding carboxylic acids is 1. The van der Waals surface area contributed by atoms with E-state index in [-0.39, 0.29) is 0 Å². The van der Waals surface area contributed by atoms with Gasteiger partial charge in [-0.1, -0.05) is 19.1 Å². The highest BCUT2D eigenvalue weighted by molar-refractivity contribution is 5.96. The molecule has 1 aromatic carbocycles. The van der Waals surface area contributed by atoms with Crippen molar-refractivity contribution in [3.8, 4) is 5.69 Å². The number of benzene rings is 1. The number of rotatable bonds is 4. The Morgan fingerprint density at radius 1 is 1.41 bits per heavy atom. The molecule has 1 aromatic heterocycles. The summed E-state index contributed by atoms with van der Waals surface area (Å²) in [6.07, 6.45) is 5.48. The zero-order chi connectivity index (χ0) is 12.3. The summed E-state index contributed by atoms with van der Waals surface area (Å²) in [7, 11) is 0. The van der Waals surface area contributed by atoms with Gasteiger partial charge >= 0.3 is 0 Å². The number of primary amides is 1. The van der Waals surface area contributed by atoms with E-state index in [2.05, 4.69) is 11.9 Å². The van der Waals surface area contributed by atoms with Crippen LogP contribution in [0.1, 0.15) is 29.5 Å². The number of aryl methyl sites for hydroxylation is 1. The maximum absolute atomic E-state index is 11.4. The van der Waals surface area contributed by atoms with Crippen LogP contribution in [0, 0.1) is 0 Å². The average molecular weight is 229 g/mol. The molecule has 4 heteroatoms. The van der Waals surface area contributed by atoms with Gasteiger partial charge in [0.2, 0.25) is 0 Å². The zero-order valence-electron chi connectivity index (χ0n) is 9.76. The summed E-state index contributed by atoms with van der Waals surface area (Å²) in [4.78, 5) is 15.7. The summed E-state index contributed by atoms with van der Waals surface area (Å²) in [5, 5.41) is 0. The monoisotopic (exact) mass is 229 g/mol. The molecule has 0 saturated carbocycles. The minimum atomic E-state index is -0.420. The van der Waals surface area contributed by atoms with Crippen LogP contribution in [0.5, 0.6) is 0 Å².